The predicted octanol–water partition coefficient (Wildman–Crippen LogP) is 13.9. The van der Waals surface area contributed by atoms with Crippen molar-refractivity contribution in [1.29, 1.82) is 0 Å². The van der Waals surface area contributed by atoms with Crippen LogP contribution in [-0.2, 0) is 0 Å². The van der Waals surface area contributed by atoms with Crippen molar-refractivity contribution in [3.63, 3.8) is 0 Å². The van der Waals surface area contributed by atoms with Gasteiger partial charge in [-0.1, -0.05) is 133 Å². The van der Waals surface area contributed by atoms with E-state index in [1.807, 2.05) is 0 Å². The van der Waals surface area contributed by atoms with Crippen LogP contribution in [0.2, 0.25) is 0 Å². The number of para-hydroxylation sites is 3. The van der Waals surface area contributed by atoms with Gasteiger partial charge in [-0.2, -0.15) is 0 Å². The van der Waals surface area contributed by atoms with Gasteiger partial charge in [0.15, 0.2) is 17.5 Å². The predicted molar refractivity (Wildman–Crippen MR) is 229 cm³/mol. The highest BCUT2D eigenvalue weighted by molar-refractivity contribution is 6.19. The first kappa shape index (κ1) is 14.3. The van der Waals surface area contributed by atoms with Gasteiger partial charge >= 0.3 is 0 Å². The Morgan fingerprint density at radius 2 is 0.860 bits per heavy atom. The molecule has 4 heterocycles. The largest absolute Gasteiger partial charge is 0.456 e. The normalized spacial score (nSPS) is 19.0. The highest BCUT2D eigenvalue weighted by atomic mass is 16.3. The number of nitrogens with zero attached hydrogens (tertiary/aromatic N) is 3. The van der Waals surface area contributed by atoms with Gasteiger partial charge in [0.1, 0.15) is 33.5 Å². The maximum atomic E-state index is 9.78. The molecule has 0 unspecified atom stereocenters. The quantitative estimate of drug-likeness (QED) is 0.174. The standard InChI is InChI=1S/C51H29N3O3/c1-3-12-30(13-4-1)49-52-50(31-14-5-2-6-15-31)54-51(53-49)33-22-24-36-37-18-11-19-38(47(37)57-45(36)29-33)39-26-25-34(46-40-17-8-10-21-43(40)56-48(39)46)32-23-27-44-41(28-32)35-16-7-9-20-42(35)55-44/h1-29H/i1D,2D,3D,4D,5D,6D,7D,8D,9D,10D,11D,12D,13D,14D,15D,16D,17D,18D,19D,20D,21D,22D,23D,24D,25D,26D,27D,28D,29D. The Kier molecular flexibility index (Phi) is 3.11. The smallest absolute Gasteiger partial charge is 0.164 e. The topological polar surface area (TPSA) is 78.1 Å². The number of aromatic nitrogens is 3. The lowest BCUT2D eigenvalue weighted by Gasteiger charge is -2.09. The molecule has 0 spiro atoms. The van der Waals surface area contributed by atoms with E-state index in [-0.39, 0.29) is 0 Å². The second-order valence-electron chi connectivity index (χ2n) is 12.1. The summed E-state index contributed by atoms with van der Waals surface area (Å²) in [5, 5.41) is -3.08. The molecule has 0 atom stereocenters. The summed E-state index contributed by atoms with van der Waals surface area (Å²) in [5.41, 5.74) is -8.84. The molecule has 266 valence electrons. The van der Waals surface area contributed by atoms with E-state index in [0.717, 1.165) is 0 Å². The second kappa shape index (κ2) is 12.3. The number of hydrogen-bond donors (Lipinski definition) is 0. The van der Waals surface area contributed by atoms with Crippen LogP contribution in [0.25, 0.3) is 122 Å². The molecule has 0 saturated heterocycles. The van der Waals surface area contributed by atoms with Crippen molar-refractivity contribution in [1.82, 2.24) is 15.0 Å². The van der Waals surface area contributed by atoms with Crippen molar-refractivity contribution < 1.29 is 53.0 Å². The lowest BCUT2D eigenvalue weighted by molar-refractivity contribution is 0.665. The van der Waals surface area contributed by atoms with Gasteiger partial charge in [-0.05, 0) is 53.4 Å². The van der Waals surface area contributed by atoms with Crippen molar-refractivity contribution in [2.24, 2.45) is 0 Å². The fourth-order valence-electron chi connectivity index (χ4n) is 6.41. The molecular formula is C51H29N3O3. The molecule has 0 amide bonds. The van der Waals surface area contributed by atoms with E-state index >= 15 is 0 Å². The summed E-state index contributed by atoms with van der Waals surface area (Å²) in [6.45, 7) is 0. The van der Waals surface area contributed by atoms with Crippen LogP contribution in [0.4, 0.5) is 0 Å². The van der Waals surface area contributed by atoms with E-state index in [1.165, 1.54) is 0 Å². The van der Waals surface area contributed by atoms with Crippen molar-refractivity contribution in [3.05, 3.63) is 175 Å². The molecule has 6 heteroatoms. The van der Waals surface area contributed by atoms with Crippen molar-refractivity contribution in [3.8, 4) is 56.4 Å². The SMILES string of the molecule is [2H]c1c([2H])c([2H])c(-c2nc(-c3c([2H])c([2H])c([2H])c([2H])c3[2H])nc(-c3c([2H])c([2H])c4c(oc5c(-c6c([2H])c([2H])c(-c7c([2H])c([2H])c8oc9c([2H])c([2H])c([2H])c([2H])c9c8c7[2H])c7c6oc6c([2H])c([2H])c([2H])c([2H])c67)c([2H])c([2H])c([2H])c54)c3[2H])n2)c([2H])c1[2H]. The van der Waals surface area contributed by atoms with Crippen LogP contribution in [0.3, 0.4) is 0 Å². The number of fused-ring (bicyclic) bond motifs is 9. The molecule has 0 aliphatic carbocycles. The highest BCUT2D eigenvalue weighted by Gasteiger charge is 2.22. The first-order valence-corrected chi connectivity index (χ1v) is 16.6. The minimum Gasteiger partial charge on any atom is -0.456 e. The van der Waals surface area contributed by atoms with E-state index in [2.05, 4.69) is 15.0 Å². The maximum absolute atomic E-state index is 9.78. The fourth-order valence-corrected chi connectivity index (χ4v) is 6.41. The summed E-state index contributed by atoms with van der Waals surface area (Å²) < 4.78 is 276. The van der Waals surface area contributed by atoms with Crippen LogP contribution in [0.1, 0.15) is 39.8 Å². The van der Waals surface area contributed by atoms with Gasteiger partial charge in [-0.25, -0.2) is 15.0 Å². The van der Waals surface area contributed by atoms with Gasteiger partial charge in [-0.3, -0.25) is 0 Å². The van der Waals surface area contributed by atoms with E-state index in [0.29, 0.717) is 0 Å². The van der Waals surface area contributed by atoms with Crippen LogP contribution in [0.15, 0.2) is 188 Å². The zero-order valence-corrected chi connectivity index (χ0v) is 28.1. The number of benzene rings is 8. The molecule has 12 aromatic rings. The van der Waals surface area contributed by atoms with Crippen LogP contribution in [0, 0.1) is 0 Å². The Labute approximate surface area is 366 Å². The van der Waals surface area contributed by atoms with Crippen LogP contribution >= 0.6 is 0 Å². The lowest BCUT2D eigenvalue weighted by Crippen LogP contribution is -2.00. The molecule has 0 radical (unpaired) electrons. The molecule has 0 bridgehead atoms. The molecule has 0 aliphatic heterocycles. The fraction of sp³-hybridized carbons (Fsp3) is 0. The molecule has 0 saturated carbocycles. The minimum atomic E-state index is -1.01. The number of rotatable bonds is 5. The molecule has 4 aromatic heterocycles. The molecule has 0 fully saturated rings. The summed E-state index contributed by atoms with van der Waals surface area (Å²) in [6.07, 6.45) is 0. The minimum absolute atomic E-state index is 0.402. The zero-order valence-electron chi connectivity index (χ0n) is 57.1. The second-order valence-corrected chi connectivity index (χ2v) is 12.1. The molecule has 57 heavy (non-hydrogen) atoms. The lowest BCUT2D eigenvalue weighted by atomic mass is 9.93. The average molecular weight is 761 g/mol. The first-order valence-electron chi connectivity index (χ1n) is 31.1. The van der Waals surface area contributed by atoms with E-state index in [9.17, 15) is 13.7 Å². The Morgan fingerprint density at radius 3 is 1.61 bits per heavy atom. The molecular weight excluding hydrogens is 703 g/mol. The third-order valence-electron chi connectivity index (χ3n) is 8.88. The van der Waals surface area contributed by atoms with E-state index in [1.54, 1.807) is 0 Å². The first-order chi connectivity index (χ1) is 40.3. The highest BCUT2D eigenvalue weighted by Crippen LogP contribution is 2.45. The summed E-state index contributed by atoms with van der Waals surface area (Å²) in [5.74, 6) is -2.44. The van der Waals surface area contributed by atoms with Gasteiger partial charge in [0, 0.05) is 60.1 Å². The Balaban J connectivity index is 1.21. The Bertz CT molecular complexity index is 5100. The Morgan fingerprint density at radius 1 is 0.316 bits per heavy atom. The number of hydrogen-bond acceptors (Lipinski definition) is 6. The molecule has 0 N–H and O–H groups in total. The molecule has 12 rings (SSSR count). The van der Waals surface area contributed by atoms with Crippen molar-refractivity contribution >= 4 is 65.8 Å². The van der Waals surface area contributed by atoms with Crippen molar-refractivity contribution in [2.75, 3.05) is 0 Å². The summed E-state index contributed by atoms with van der Waals surface area (Å²) in [4.78, 5) is 12.8. The summed E-state index contributed by atoms with van der Waals surface area (Å²) in [7, 11) is 0. The average Bonchev–Trinajstić information content (AvgIpc) is 1.49. The van der Waals surface area contributed by atoms with Crippen LogP contribution in [-0.4, -0.2) is 15.0 Å². The van der Waals surface area contributed by atoms with E-state index in [4.69, 9.17) is 39.3 Å². The zero-order chi connectivity index (χ0) is 62.7. The van der Waals surface area contributed by atoms with Crippen LogP contribution in [0.5, 0.6) is 0 Å². The molecule has 8 aromatic carbocycles. The van der Waals surface area contributed by atoms with Gasteiger partial charge in [0.2, 0.25) is 0 Å². The van der Waals surface area contributed by atoms with Gasteiger partial charge < -0.3 is 13.3 Å². The van der Waals surface area contributed by atoms with Gasteiger partial charge in [0.05, 0.1) is 39.8 Å². The monoisotopic (exact) mass is 760 g/mol. The molecule has 0 aliphatic rings. The van der Waals surface area contributed by atoms with Gasteiger partial charge in [0.25, 0.3) is 0 Å². The summed E-state index contributed by atoms with van der Waals surface area (Å²) >= 11 is 0. The third-order valence-corrected chi connectivity index (χ3v) is 8.88. The maximum Gasteiger partial charge on any atom is 0.164 e. The third kappa shape index (κ3) is 5.01. The molecule has 6 nitrogen and oxygen atoms in total. The van der Waals surface area contributed by atoms with Crippen LogP contribution < -0.4 is 0 Å². The number of furan rings is 3. The van der Waals surface area contributed by atoms with Gasteiger partial charge in [-0.15, -0.1) is 0 Å². The Hall–Kier alpha value is -7.83. The van der Waals surface area contributed by atoms with E-state index < -0.39 is 297 Å². The summed E-state index contributed by atoms with van der Waals surface area (Å²) in [6, 6.07) is -25.2. The van der Waals surface area contributed by atoms with Crippen molar-refractivity contribution in [2.45, 2.75) is 0 Å².